The van der Waals surface area contributed by atoms with E-state index < -0.39 is 5.91 Å². The molecule has 0 bridgehead atoms. The summed E-state index contributed by atoms with van der Waals surface area (Å²) in [6.07, 6.45) is 3.74. The Bertz CT molecular complexity index is 1010. The summed E-state index contributed by atoms with van der Waals surface area (Å²) in [5.41, 5.74) is 8.07. The lowest BCUT2D eigenvalue weighted by Gasteiger charge is -2.46. The predicted octanol–water partition coefficient (Wildman–Crippen LogP) is 2.99. The minimum Gasteiger partial charge on any atom is -0.366 e. The number of aromatic nitrogens is 1. The molecule has 0 radical (unpaired) electrons. The molecule has 2 amide bonds. The Morgan fingerprint density at radius 1 is 1.28 bits per heavy atom. The highest BCUT2D eigenvalue weighted by molar-refractivity contribution is 5.97. The predicted molar refractivity (Wildman–Crippen MR) is 109 cm³/mol. The van der Waals surface area contributed by atoms with Gasteiger partial charge in [0.05, 0.1) is 11.6 Å². The molecule has 1 aromatic carbocycles. The fourth-order valence-electron chi connectivity index (χ4n) is 4.42. The van der Waals surface area contributed by atoms with Gasteiger partial charge in [0.1, 0.15) is 11.9 Å². The van der Waals surface area contributed by atoms with Crippen molar-refractivity contribution in [1.82, 2.24) is 4.98 Å². The second kappa shape index (κ2) is 7.21. The Kier molecular flexibility index (Phi) is 4.71. The number of hydrogen-bond acceptors (Lipinski definition) is 5. The van der Waals surface area contributed by atoms with Crippen molar-refractivity contribution in [3.05, 3.63) is 53.2 Å². The number of pyridine rings is 1. The summed E-state index contributed by atoms with van der Waals surface area (Å²) in [5, 5.41) is 12.5. The van der Waals surface area contributed by atoms with Crippen LogP contribution in [0, 0.1) is 23.2 Å². The van der Waals surface area contributed by atoms with Crippen LogP contribution in [-0.4, -0.2) is 22.8 Å². The number of anilines is 2. The Hall–Kier alpha value is -3.40. The van der Waals surface area contributed by atoms with Gasteiger partial charge in [0.2, 0.25) is 11.8 Å². The molecule has 0 unspecified atom stereocenters. The number of hydrogen-bond donors (Lipinski definition) is 2. The first-order valence-electron chi connectivity index (χ1n) is 9.77. The number of benzene rings is 1. The summed E-state index contributed by atoms with van der Waals surface area (Å²) in [6.45, 7) is 3.71. The SMILES string of the molecule is CC(=O)N1c2ccc(C(N)=O)cc2[C@H](Nc2ccc(C#N)cn2)[C@@H](C)[C@@H]1C1CC1. The molecule has 2 aromatic rings. The van der Waals surface area contributed by atoms with E-state index in [1.165, 1.54) is 6.20 Å². The van der Waals surface area contributed by atoms with Crippen LogP contribution in [0.5, 0.6) is 0 Å². The van der Waals surface area contributed by atoms with E-state index in [2.05, 4.69) is 23.3 Å². The summed E-state index contributed by atoms with van der Waals surface area (Å²) in [7, 11) is 0. The lowest BCUT2D eigenvalue weighted by Crippen LogP contribution is -2.51. The molecule has 29 heavy (non-hydrogen) atoms. The standard InChI is InChI=1S/C22H23N5O2/c1-12-20(26-19-8-3-14(10-23)11-25-19)17-9-16(22(24)29)6-7-18(17)27(13(2)28)21(12)15-4-5-15/h3,6-9,11-12,15,20-21H,4-5H2,1-2H3,(H2,24,29)(H,25,26)/t12-,20-,21-/m1/s1. The smallest absolute Gasteiger partial charge is 0.248 e. The zero-order valence-electron chi connectivity index (χ0n) is 16.4. The average molecular weight is 389 g/mol. The molecule has 2 heterocycles. The van der Waals surface area contributed by atoms with Gasteiger partial charge >= 0.3 is 0 Å². The molecule has 1 fully saturated rings. The lowest BCUT2D eigenvalue weighted by atomic mass is 9.79. The van der Waals surface area contributed by atoms with E-state index >= 15 is 0 Å². The van der Waals surface area contributed by atoms with Gasteiger partial charge in [-0.25, -0.2) is 4.98 Å². The molecule has 1 aromatic heterocycles. The fraction of sp³-hybridized carbons (Fsp3) is 0.364. The van der Waals surface area contributed by atoms with Gasteiger partial charge in [-0.15, -0.1) is 0 Å². The topological polar surface area (TPSA) is 112 Å². The van der Waals surface area contributed by atoms with Crippen LogP contribution < -0.4 is 16.0 Å². The van der Waals surface area contributed by atoms with Crippen LogP contribution >= 0.6 is 0 Å². The molecule has 1 aliphatic carbocycles. The van der Waals surface area contributed by atoms with E-state index in [-0.39, 0.29) is 23.9 Å². The van der Waals surface area contributed by atoms with Gasteiger partial charge < -0.3 is 16.0 Å². The Balaban J connectivity index is 1.80. The molecular formula is C22H23N5O2. The monoisotopic (exact) mass is 389 g/mol. The summed E-state index contributed by atoms with van der Waals surface area (Å²) in [5.74, 6) is 0.698. The van der Waals surface area contributed by atoms with Crippen molar-refractivity contribution in [3.8, 4) is 6.07 Å². The third-order valence-electron chi connectivity index (χ3n) is 5.91. The molecule has 3 atom stereocenters. The van der Waals surface area contributed by atoms with E-state index in [1.807, 2.05) is 11.0 Å². The minimum atomic E-state index is -0.505. The fourth-order valence-corrected chi connectivity index (χ4v) is 4.42. The molecule has 2 aliphatic rings. The van der Waals surface area contributed by atoms with Gasteiger partial charge in [-0.1, -0.05) is 6.92 Å². The summed E-state index contributed by atoms with van der Waals surface area (Å²) in [6, 6.07) is 10.7. The number of carbonyl (C=O) groups is 2. The number of nitrogens with one attached hydrogen (secondary N) is 1. The van der Waals surface area contributed by atoms with Crippen molar-refractivity contribution in [2.45, 2.75) is 38.8 Å². The molecule has 148 valence electrons. The summed E-state index contributed by atoms with van der Waals surface area (Å²) in [4.78, 5) is 30.6. The molecule has 4 rings (SSSR count). The highest BCUT2D eigenvalue weighted by Gasteiger charge is 2.47. The van der Waals surface area contributed by atoms with Crippen molar-refractivity contribution < 1.29 is 9.59 Å². The molecule has 0 spiro atoms. The number of nitrogens with two attached hydrogens (primary N) is 1. The molecule has 7 heteroatoms. The molecular weight excluding hydrogens is 366 g/mol. The first-order chi connectivity index (χ1) is 13.9. The van der Waals surface area contributed by atoms with Crippen molar-refractivity contribution in [1.29, 1.82) is 5.26 Å². The molecule has 3 N–H and O–H groups in total. The van der Waals surface area contributed by atoms with E-state index in [0.29, 0.717) is 22.9 Å². The largest absolute Gasteiger partial charge is 0.366 e. The number of nitrogens with zero attached hydrogens (tertiary/aromatic N) is 3. The first kappa shape index (κ1) is 18.9. The van der Waals surface area contributed by atoms with Crippen molar-refractivity contribution in [2.24, 2.45) is 17.6 Å². The van der Waals surface area contributed by atoms with Crippen molar-refractivity contribution in [2.75, 3.05) is 10.2 Å². The lowest BCUT2D eigenvalue weighted by molar-refractivity contribution is -0.117. The maximum absolute atomic E-state index is 12.6. The average Bonchev–Trinajstić information content (AvgIpc) is 3.54. The van der Waals surface area contributed by atoms with E-state index in [1.54, 1.807) is 31.2 Å². The van der Waals surface area contributed by atoms with Gasteiger partial charge in [0, 0.05) is 36.3 Å². The van der Waals surface area contributed by atoms with Gasteiger partial charge in [-0.3, -0.25) is 9.59 Å². The molecule has 0 saturated heterocycles. The van der Waals surface area contributed by atoms with Crippen molar-refractivity contribution in [3.63, 3.8) is 0 Å². The van der Waals surface area contributed by atoms with E-state index in [9.17, 15) is 9.59 Å². The van der Waals surface area contributed by atoms with Crippen LogP contribution in [0.3, 0.4) is 0 Å². The third-order valence-corrected chi connectivity index (χ3v) is 5.91. The highest BCUT2D eigenvalue weighted by Crippen LogP contribution is 2.50. The first-order valence-corrected chi connectivity index (χ1v) is 9.77. The Morgan fingerprint density at radius 3 is 2.59 bits per heavy atom. The van der Waals surface area contributed by atoms with Crippen LogP contribution in [0.15, 0.2) is 36.5 Å². The second-order valence-electron chi connectivity index (χ2n) is 7.88. The Morgan fingerprint density at radius 2 is 2.03 bits per heavy atom. The van der Waals surface area contributed by atoms with Crippen LogP contribution in [-0.2, 0) is 4.79 Å². The molecule has 1 saturated carbocycles. The zero-order chi connectivity index (χ0) is 20.7. The molecule has 1 aliphatic heterocycles. The number of fused-ring (bicyclic) bond motifs is 1. The quantitative estimate of drug-likeness (QED) is 0.835. The van der Waals surface area contributed by atoms with Gasteiger partial charge in [-0.2, -0.15) is 5.26 Å². The normalized spacial score (nSPS) is 23.1. The van der Waals surface area contributed by atoms with Crippen LogP contribution in [0.25, 0.3) is 0 Å². The van der Waals surface area contributed by atoms with Crippen LogP contribution in [0.2, 0.25) is 0 Å². The third kappa shape index (κ3) is 3.42. The van der Waals surface area contributed by atoms with Gasteiger partial charge in [-0.05, 0) is 54.7 Å². The van der Waals surface area contributed by atoms with E-state index in [4.69, 9.17) is 11.0 Å². The number of rotatable bonds is 4. The number of amides is 2. The van der Waals surface area contributed by atoms with Gasteiger partial charge in [0.25, 0.3) is 0 Å². The minimum absolute atomic E-state index is 0.00299. The van der Waals surface area contributed by atoms with Crippen molar-refractivity contribution >= 4 is 23.3 Å². The second-order valence-corrected chi connectivity index (χ2v) is 7.88. The zero-order valence-corrected chi connectivity index (χ0v) is 16.4. The summed E-state index contributed by atoms with van der Waals surface area (Å²) >= 11 is 0. The Labute approximate surface area is 169 Å². The number of primary amides is 1. The van der Waals surface area contributed by atoms with Crippen LogP contribution in [0.1, 0.15) is 54.2 Å². The number of carbonyl (C=O) groups excluding carboxylic acids is 2. The van der Waals surface area contributed by atoms with E-state index in [0.717, 1.165) is 24.1 Å². The molecule has 7 nitrogen and oxygen atoms in total. The van der Waals surface area contributed by atoms with Crippen LogP contribution in [0.4, 0.5) is 11.5 Å². The van der Waals surface area contributed by atoms with Gasteiger partial charge in [0.15, 0.2) is 0 Å². The maximum Gasteiger partial charge on any atom is 0.248 e. The summed E-state index contributed by atoms with van der Waals surface area (Å²) < 4.78 is 0. The highest BCUT2D eigenvalue weighted by atomic mass is 16.2. The number of nitriles is 1. The maximum atomic E-state index is 12.6.